The molecule has 0 bridgehead atoms. The molecule has 0 aromatic heterocycles. The first-order chi connectivity index (χ1) is 7.54. The van der Waals surface area contributed by atoms with Crippen LogP contribution in [0.1, 0.15) is 6.42 Å². The second-order valence-corrected chi connectivity index (χ2v) is 3.64. The van der Waals surface area contributed by atoms with Crippen molar-refractivity contribution in [2.24, 2.45) is 0 Å². The van der Waals surface area contributed by atoms with Crippen molar-refractivity contribution in [1.82, 2.24) is 10.2 Å². The highest BCUT2D eigenvalue weighted by atomic mass is 16.4. The molecule has 3 N–H and O–H groups in total. The van der Waals surface area contributed by atoms with Gasteiger partial charge in [0.2, 0.25) is 5.91 Å². The van der Waals surface area contributed by atoms with Crippen molar-refractivity contribution in [2.75, 3.05) is 19.6 Å². The maximum atomic E-state index is 11.8. The summed E-state index contributed by atoms with van der Waals surface area (Å²) in [5.74, 6) is 0.753. The van der Waals surface area contributed by atoms with Gasteiger partial charge in [0.1, 0.15) is 6.54 Å². The Morgan fingerprint density at radius 1 is 1.56 bits per heavy atom. The Hall–Kier alpha value is -1.58. The van der Waals surface area contributed by atoms with Gasteiger partial charge >= 0.3 is 5.97 Å². The predicted molar refractivity (Wildman–Crippen MR) is 55.5 cm³/mol. The van der Waals surface area contributed by atoms with Crippen molar-refractivity contribution in [1.29, 1.82) is 0 Å². The third-order valence-electron chi connectivity index (χ3n) is 2.33. The number of amides is 1. The summed E-state index contributed by atoms with van der Waals surface area (Å²) in [6.07, 6.45) is 4.79. The summed E-state index contributed by atoms with van der Waals surface area (Å²) < 4.78 is 0. The molecule has 1 amide bonds. The molecule has 0 aromatic carbocycles. The summed E-state index contributed by atoms with van der Waals surface area (Å²) in [7, 11) is 0. The fourth-order valence-corrected chi connectivity index (χ4v) is 1.61. The summed E-state index contributed by atoms with van der Waals surface area (Å²) in [6, 6.07) is -0.539. The summed E-state index contributed by atoms with van der Waals surface area (Å²) in [6.45, 7) is -0.121. The molecule has 0 saturated carbocycles. The molecular formula is C10H14N2O4. The number of hydrogen-bond donors (Lipinski definition) is 3. The zero-order chi connectivity index (χ0) is 12.1. The Balaban J connectivity index is 2.60. The van der Waals surface area contributed by atoms with Crippen LogP contribution in [-0.2, 0) is 9.59 Å². The number of terminal acetylenes is 1. The van der Waals surface area contributed by atoms with E-state index in [1.165, 1.54) is 0 Å². The molecule has 0 spiro atoms. The molecule has 0 aromatic rings. The number of carbonyl (C=O) groups is 2. The molecule has 2 atom stereocenters. The minimum absolute atomic E-state index is 0.0423. The highest BCUT2D eigenvalue weighted by Gasteiger charge is 2.31. The first-order valence-corrected chi connectivity index (χ1v) is 4.90. The molecular weight excluding hydrogens is 212 g/mol. The van der Waals surface area contributed by atoms with Crippen LogP contribution in [0.2, 0.25) is 0 Å². The largest absolute Gasteiger partial charge is 0.480 e. The predicted octanol–water partition coefficient (Wildman–Crippen LogP) is -1.74. The SMILES string of the molecule is C#CCN(CC(=O)O)C(=O)C1CC(O)CN1. The first-order valence-electron chi connectivity index (χ1n) is 4.90. The van der Waals surface area contributed by atoms with E-state index in [2.05, 4.69) is 11.2 Å². The molecule has 1 fully saturated rings. The lowest BCUT2D eigenvalue weighted by atomic mass is 10.2. The fraction of sp³-hybridized carbons (Fsp3) is 0.600. The van der Waals surface area contributed by atoms with Crippen molar-refractivity contribution in [3.8, 4) is 12.3 Å². The van der Waals surface area contributed by atoms with Crippen LogP contribution < -0.4 is 5.32 Å². The third-order valence-corrected chi connectivity index (χ3v) is 2.33. The van der Waals surface area contributed by atoms with Crippen LogP contribution in [0.4, 0.5) is 0 Å². The van der Waals surface area contributed by atoms with Crippen LogP contribution in [0.15, 0.2) is 0 Å². The van der Waals surface area contributed by atoms with Crippen LogP contribution in [0.3, 0.4) is 0 Å². The van der Waals surface area contributed by atoms with E-state index in [4.69, 9.17) is 11.5 Å². The molecule has 1 rings (SSSR count). The number of aliphatic hydroxyl groups excluding tert-OH is 1. The maximum Gasteiger partial charge on any atom is 0.323 e. The average molecular weight is 226 g/mol. The molecule has 1 heterocycles. The van der Waals surface area contributed by atoms with E-state index in [1.807, 2.05) is 0 Å². The van der Waals surface area contributed by atoms with E-state index in [1.54, 1.807) is 0 Å². The molecule has 88 valence electrons. The van der Waals surface area contributed by atoms with E-state index in [-0.39, 0.29) is 12.5 Å². The van der Waals surface area contributed by atoms with Gasteiger partial charge in [-0.2, -0.15) is 0 Å². The average Bonchev–Trinajstić information content (AvgIpc) is 2.62. The van der Waals surface area contributed by atoms with E-state index < -0.39 is 24.7 Å². The lowest BCUT2D eigenvalue weighted by molar-refractivity contribution is -0.144. The zero-order valence-electron chi connectivity index (χ0n) is 8.72. The van der Waals surface area contributed by atoms with Gasteiger partial charge in [0.15, 0.2) is 0 Å². The Bertz CT molecular complexity index is 323. The van der Waals surface area contributed by atoms with Gasteiger partial charge in [-0.25, -0.2) is 0 Å². The molecule has 0 radical (unpaired) electrons. The van der Waals surface area contributed by atoms with Crippen molar-refractivity contribution < 1.29 is 19.8 Å². The smallest absolute Gasteiger partial charge is 0.323 e. The second kappa shape index (κ2) is 5.49. The second-order valence-electron chi connectivity index (χ2n) is 3.64. The summed E-state index contributed by atoms with van der Waals surface area (Å²) in [5.41, 5.74) is 0. The standard InChI is InChI=1S/C10H14N2O4/c1-2-3-12(6-9(14)15)10(16)8-4-7(13)5-11-8/h1,7-8,11,13H,3-6H2,(H,14,15). The van der Waals surface area contributed by atoms with Crippen LogP contribution in [-0.4, -0.2) is 58.8 Å². The number of carboxylic acid groups (broad SMARTS) is 1. The number of nitrogens with zero attached hydrogens (tertiary/aromatic N) is 1. The quantitative estimate of drug-likeness (QED) is 0.495. The minimum Gasteiger partial charge on any atom is -0.480 e. The van der Waals surface area contributed by atoms with Gasteiger partial charge in [-0.1, -0.05) is 5.92 Å². The van der Waals surface area contributed by atoms with Crippen LogP contribution in [0, 0.1) is 12.3 Å². The topological polar surface area (TPSA) is 89.9 Å². The number of carboxylic acids is 1. The normalized spacial score (nSPS) is 23.8. The van der Waals surface area contributed by atoms with Crippen molar-refractivity contribution in [2.45, 2.75) is 18.6 Å². The molecule has 1 aliphatic rings. The highest BCUT2D eigenvalue weighted by Crippen LogP contribution is 2.09. The Kier molecular flexibility index (Phi) is 4.28. The van der Waals surface area contributed by atoms with Crippen LogP contribution >= 0.6 is 0 Å². The van der Waals surface area contributed by atoms with E-state index in [0.717, 1.165) is 4.90 Å². The molecule has 0 aliphatic carbocycles. The van der Waals surface area contributed by atoms with Crippen LogP contribution in [0.25, 0.3) is 0 Å². The van der Waals surface area contributed by atoms with Gasteiger partial charge in [-0.3, -0.25) is 9.59 Å². The molecule has 6 heteroatoms. The number of hydrogen-bond acceptors (Lipinski definition) is 4. The number of aliphatic hydroxyl groups is 1. The van der Waals surface area contributed by atoms with Crippen molar-refractivity contribution in [3.05, 3.63) is 0 Å². The fourth-order valence-electron chi connectivity index (χ4n) is 1.61. The van der Waals surface area contributed by atoms with Gasteiger partial charge in [0.05, 0.1) is 18.7 Å². The van der Waals surface area contributed by atoms with E-state index >= 15 is 0 Å². The number of carbonyl (C=O) groups excluding carboxylic acids is 1. The van der Waals surface area contributed by atoms with E-state index in [0.29, 0.717) is 13.0 Å². The molecule has 6 nitrogen and oxygen atoms in total. The summed E-state index contributed by atoms with van der Waals surface area (Å²) >= 11 is 0. The third kappa shape index (κ3) is 3.22. The number of aliphatic carboxylic acids is 1. The summed E-state index contributed by atoms with van der Waals surface area (Å²) in [4.78, 5) is 23.4. The molecule has 1 aliphatic heterocycles. The van der Waals surface area contributed by atoms with Gasteiger partial charge in [0, 0.05) is 6.54 Å². The van der Waals surface area contributed by atoms with Gasteiger partial charge < -0.3 is 20.4 Å². The van der Waals surface area contributed by atoms with Crippen molar-refractivity contribution >= 4 is 11.9 Å². The van der Waals surface area contributed by atoms with E-state index in [9.17, 15) is 14.7 Å². The Morgan fingerprint density at radius 3 is 2.69 bits per heavy atom. The molecule has 16 heavy (non-hydrogen) atoms. The highest BCUT2D eigenvalue weighted by molar-refractivity contribution is 5.85. The Morgan fingerprint density at radius 2 is 2.25 bits per heavy atom. The lowest BCUT2D eigenvalue weighted by Gasteiger charge is -2.21. The van der Waals surface area contributed by atoms with Gasteiger partial charge in [0.25, 0.3) is 0 Å². The minimum atomic E-state index is -1.11. The first kappa shape index (κ1) is 12.5. The maximum absolute atomic E-state index is 11.8. The van der Waals surface area contributed by atoms with Crippen molar-refractivity contribution in [3.63, 3.8) is 0 Å². The number of rotatable bonds is 4. The number of β-amino-alcohol motifs (C(OH)–C–C–N with tert-alkyl or cyclic N) is 1. The van der Waals surface area contributed by atoms with Gasteiger partial charge in [-0.15, -0.1) is 6.42 Å². The lowest BCUT2D eigenvalue weighted by Crippen LogP contribution is -2.45. The monoisotopic (exact) mass is 226 g/mol. The molecule has 2 unspecified atom stereocenters. The zero-order valence-corrected chi connectivity index (χ0v) is 8.72. The molecule has 1 saturated heterocycles. The Labute approximate surface area is 93.2 Å². The van der Waals surface area contributed by atoms with Gasteiger partial charge in [-0.05, 0) is 6.42 Å². The summed E-state index contributed by atoms with van der Waals surface area (Å²) in [5, 5.41) is 20.7. The number of nitrogens with one attached hydrogen (secondary N) is 1. The van der Waals surface area contributed by atoms with Crippen LogP contribution in [0.5, 0.6) is 0 Å².